The van der Waals surface area contributed by atoms with Gasteiger partial charge in [-0.2, -0.15) is 0 Å². The molecule has 0 aliphatic heterocycles. The highest BCUT2D eigenvalue weighted by Crippen LogP contribution is 2.34. The summed E-state index contributed by atoms with van der Waals surface area (Å²) in [5.74, 6) is 1.24. The maximum Gasteiger partial charge on any atom is 0.201 e. The fourth-order valence-corrected chi connectivity index (χ4v) is 1.99. The number of benzene rings is 1. The fourth-order valence-electron chi connectivity index (χ4n) is 1.51. The van der Waals surface area contributed by atoms with Gasteiger partial charge in [-0.1, -0.05) is 12.1 Å². The summed E-state index contributed by atoms with van der Waals surface area (Å²) >= 11 is 3.47. The van der Waals surface area contributed by atoms with E-state index in [9.17, 15) is 0 Å². The normalized spacial score (nSPS) is 10.4. The number of halogens is 1. The third-order valence-corrected chi connectivity index (χ3v) is 3.33. The van der Waals surface area contributed by atoms with Gasteiger partial charge in [-0.15, -0.1) is 0 Å². The Hall–Kier alpha value is -1.49. The van der Waals surface area contributed by atoms with Gasteiger partial charge in [-0.05, 0) is 28.1 Å². The molecule has 5 heteroatoms. The van der Waals surface area contributed by atoms with E-state index in [1.807, 2.05) is 31.3 Å². The van der Waals surface area contributed by atoms with Crippen LogP contribution in [0.1, 0.15) is 0 Å². The van der Waals surface area contributed by atoms with Gasteiger partial charge in [-0.25, -0.2) is 4.98 Å². The first-order valence-electron chi connectivity index (χ1n) is 4.76. The minimum Gasteiger partial charge on any atom is -0.496 e. The predicted molar refractivity (Wildman–Crippen MR) is 67.3 cm³/mol. The zero-order valence-electron chi connectivity index (χ0n) is 9.07. The molecule has 0 amide bonds. The topological polar surface area (TPSA) is 53.1 Å². The zero-order chi connectivity index (χ0) is 11.7. The Bertz CT molecular complexity index is 522. The highest BCUT2D eigenvalue weighted by Gasteiger charge is 2.15. The average molecular weight is 282 g/mol. The summed E-state index contributed by atoms with van der Waals surface area (Å²) in [4.78, 5) is 4.30. The number of methoxy groups -OCH3 is 1. The van der Waals surface area contributed by atoms with E-state index in [1.165, 1.54) is 0 Å². The van der Waals surface area contributed by atoms with Crippen LogP contribution in [0, 0.1) is 0 Å². The maximum absolute atomic E-state index is 5.75. The Morgan fingerprint density at radius 2 is 2.06 bits per heavy atom. The summed E-state index contributed by atoms with van der Waals surface area (Å²) < 4.78 is 7.91. The average Bonchev–Trinajstić information content (AvgIpc) is 2.57. The predicted octanol–water partition coefficient (Wildman–Crippen LogP) is 2.44. The van der Waals surface area contributed by atoms with Crippen LogP contribution in [0.2, 0.25) is 0 Å². The number of rotatable bonds is 2. The Balaban J connectivity index is 2.63. The summed E-state index contributed by atoms with van der Waals surface area (Å²) in [5, 5.41) is 0. The first-order valence-corrected chi connectivity index (χ1v) is 5.55. The molecule has 0 saturated carbocycles. The number of anilines is 1. The smallest absolute Gasteiger partial charge is 0.201 e. The van der Waals surface area contributed by atoms with E-state index in [0.29, 0.717) is 5.95 Å². The number of hydrogen-bond donors (Lipinski definition) is 1. The lowest BCUT2D eigenvalue weighted by Gasteiger charge is -2.05. The molecule has 0 aliphatic carbocycles. The number of imidazole rings is 1. The standard InChI is InChI=1S/C11H12BrN3O/c1-15-10(12)9(14-11(15)13)7-5-3-4-6-8(7)16-2/h3-6H,1-2H3,(H2,13,14). The SMILES string of the molecule is COc1ccccc1-c1nc(N)n(C)c1Br. The van der Waals surface area contributed by atoms with E-state index in [2.05, 4.69) is 20.9 Å². The Labute approximate surface area is 102 Å². The van der Waals surface area contributed by atoms with E-state index in [1.54, 1.807) is 11.7 Å². The highest BCUT2D eigenvalue weighted by molar-refractivity contribution is 9.10. The first-order chi connectivity index (χ1) is 7.65. The van der Waals surface area contributed by atoms with Crippen molar-refractivity contribution in [3.05, 3.63) is 28.9 Å². The van der Waals surface area contributed by atoms with Crippen molar-refractivity contribution in [1.29, 1.82) is 0 Å². The van der Waals surface area contributed by atoms with Crippen molar-refractivity contribution in [2.45, 2.75) is 0 Å². The second-order valence-electron chi connectivity index (χ2n) is 3.37. The molecule has 0 saturated heterocycles. The number of para-hydroxylation sites is 1. The van der Waals surface area contributed by atoms with Crippen molar-refractivity contribution >= 4 is 21.9 Å². The molecule has 0 fully saturated rings. The van der Waals surface area contributed by atoms with Crippen molar-refractivity contribution in [2.75, 3.05) is 12.8 Å². The minimum atomic E-state index is 0.466. The molecule has 1 aromatic carbocycles. The van der Waals surface area contributed by atoms with Crippen LogP contribution >= 0.6 is 15.9 Å². The maximum atomic E-state index is 5.75. The molecule has 0 aliphatic rings. The molecule has 4 nitrogen and oxygen atoms in total. The van der Waals surface area contributed by atoms with Crippen molar-refractivity contribution in [1.82, 2.24) is 9.55 Å². The molecule has 2 N–H and O–H groups in total. The monoisotopic (exact) mass is 281 g/mol. The number of nitrogen functional groups attached to an aromatic ring is 1. The van der Waals surface area contributed by atoms with Gasteiger partial charge < -0.3 is 15.0 Å². The third-order valence-electron chi connectivity index (χ3n) is 2.42. The summed E-state index contributed by atoms with van der Waals surface area (Å²) in [7, 11) is 3.49. The molecule has 0 unspecified atom stereocenters. The molecule has 0 radical (unpaired) electrons. The largest absolute Gasteiger partial charge is 0.496 e. The lowest BCUT2D eigenvalue weighted by Crippen LogP contribution is -1.96. The molecular formula is C11H12BrN3O. The van der Waals surface area contributed by atoms with E-state index in [-0.39, 0.29) is 0 Å². The van der Waals surface area contributed by atoms with Crippen LogP contribution in [0.15, 0.2) is 28.9 Å². The third kappa shape index (κ3) is 1.67. The van der Waals surface area contributed by atoms with Crippen molar-refractivity contribution < 1.29 is 4.74 Å². The van der Waals surface area contributed by atoms with Crippen molar-refractivity contribution in [3.8, 4) is 17.0 Å². The second kappa shape index (κ2) is 4.17. The van der Waals surface area contributed by atoms with Gasteiger partial charge in [0.1, 0.15) is 16.0 Å². The molecule has 84 valence electrons. The van der Waals surface area contributed by atoms with E-state index in [4.69, 9.17) is 10.5 Å². The van der Waals surface area contributed by atoms with Crippen LogP contribution in [0.5, 0.6) is 5.75 Å². The van der Waals surface area contributed by atoms with E-state index >= 15 is 0 Å². The molecule has 1 aromatic heterocycles. The lowest BCUT2D eigenvalue weighted by atomic mass is 10.1. The van der Waals surface area contributed by atoms with Crippen molar-refractivity contribution in [2.24, 2.45) is 7.05 Å². The van der Waals surface area contributed by atoms with Crippen LogP contribution in [0.25, 0.3) is 11.3 Å². The van der Waals surface area contributed by atoms with Gasteiger partial charge in [-0.3, -0.25) is 0 Å². The van der Waals surface area contributed by atoms with Gasteiger partial charge in [0, 0.05) is 12.6 Å². The molecule has 1 heterocycles. The van der Waals surface area contributed by atoms with E-state index in [0.717, 1.165) is 21.6 Å². The first kappa shape index (κ1) is 11.0. The van der Waals surface area contributed by atoms with Gasteiger partial charge >= 0.3 is 0 Å². The summed E-state index contributed by atoms with van der Waals surface area (Å²) in [6, 6.07) is 7.70. The summed E-state index contributed by atoms with van der Waals surface area (Å²) in [6.07, 6.45) is 0. The number of nitrogens with zero attached hydrogens (tertiary/aromatic N) is 2. The number of nitrogens with two attached hydrogens (primary N) is 1. The van der Waals surface area contributed by atoms with Crippen LogP contribution in [-0.4, -0.2) is 16.7 Å². The zero-order valence-corrected chi connectivity index (χ0v) is 10.7. The quantitative estimate of drug-likeness (QED) is 0.920. The van der Waals surface area contributed by atoms with Gasteiger partial charge in [0.2, 0.25) is 5.95 Å². The molecular weight excluding hydrogens is 270 g/mol. The Morgan fingerprint density at radius 1 is 1.38 bits per heavy atom. The Morgan fingerprint density at radius 3 is 2.62 bits per heavy atom. The highest BCUT2D eigenvalue weighted by atomic mass is 79.9. The van der Waals surface area contributed by atoms with Crippen molar-refractivity contribution in [3.63, 3.8) is 0 Å². The molecule has 0 bridgehead atoms. The Kier molecular flexibility index (Phi) is 2.87. The second-order valence-corrected chi connectivity index (χ2v) is 4.12. The number of aromatic nitrogens is 2. The van der Waals surface area contributed by atoms with Crippen LogP contribution in [0.3, 0.4) is 0 Å². The minimum absolute atomic E-state index is 0.466. The van der Waals surface area contributed by atoms with Crippen LogP contribution in [-0.2, 0) is 7.05 Å². The molecule has 0 atom stereocenters. The number of ether oxygens (including phenoxy) is 1. The van der Waals surface area contributed by atoms with Crippen LogP contribution < -0.4 is 10.5 Å². The summed E-state index contributed by atoms with van der Waals surface area (Å²) in [5.41, 5.74) is 7.46. The number of hydrogen-bond acceptors (Lipinski definition) is 3. The lowest BCUT2D eigenvalue weighted by molar-refractivity contribution is 0.416. The van der Waals surface area contributed by atoms with Gasteiger partial charge in [0.15, 0.2) is 0 Å². The summed E-state index contributed by atoms with van der Waals surface area (Å²) in [6.45, 7) is 0. The fraction of sp³-hybridized carbons (Fsp3) is 0.182. The van der Waals surface area contributed by atoms with E-state index < -0.39 is 0 Å². The molecule has 0 spiro atoms. The van der Waals surface area contributed by atoms with Gasteiger partial charge in [0.25, 0.3) is 0 Å². The van der Waals surface area contributed by atoms with Gasteiger partial charge in [0.05, 0.1) is 7.11 Å². The van der Waals surface area contributed by atoms with Crippen LogP contribution in [0.4, 0.5) is 5.95 Å². The molecule has 2 rings (SSSR count). The molecule has 16 heavy (non-hydrogen) atoms. The molecule has 2 aromatic rings.